The number of nitrogens with one attached hydrogen (secondary N) is 1. The van der Waals surface area contributed by atoms with Crippen molar-refractivity contribution >= 4 is 28.3 Å². The SMILES string of the molecule is CC1(C(=O)Nc2nc(-c3ccc(C(=O)N4CCN(Cc5ccccc5)CC4)cc3)cs2)CC2c3ccccc3C1c1ccccc12. The topological polar surface area (TPSA) is 65.5 Å². The lowest BCUT2D eigenvalue weighted by Crippen LogP contribution is -2.48. The van der Waals surface area contributed by atoms with Crippen LogP contribution in [0.3, 0.4) is 0 Å². The van der Waals surface area contributed by atoms with E-state index in [1.165, 1.54) is 39.2 Å². The summed E-state index contributed by atoms with van der Waals surface area (Å²) in [5, 5.41) is 5.75. The molecule has 1 fully saturated rings. The molecule has 2 heterocycles. The molecule has 1 saturated heterocycles. The van der Waals surface area contributed by atoms with Gasteiger partial charge in [0.25, 0.3) is 5.91 Å². The molecule has 0 spiro atoms. The van der Waals surface area contributed by atoms with Crippen molar-refractivity contribution in [3.05, 3.63) is 142 Å². The van der Waals surface area contributed by atoms with Gasteiger partial charge >= 0.3 is 0 Å². The fourth-order valence-corrected chi connectivity index (χ4v) is 8.52. The summed E-state index contributed by atoms with van der Waals surface area (Å²) in [5.74, 6) is 0.285. The Labute approximate surface area is 273 Å². The summed E-state index contributed by atoms with van der Waals surface area (Å²) in [5.41, 5.74) is 8.33. The number of piperazine rings is 1. The molecule has 4 aliphatic rings. The van der Waals surface area contributed by atoms with Crippen molar-refractivity contribution in [2.24, 2.45) is 5.41 Å². The van der Waals surface area contributed by atoms with Crippen LogP contribution in [0, 0.1) is 5.41 Å². The zero-order chi connectivity index (χ0) is 31.3. The van der Waals surface area contributed by atoms with Crippen molar-refractivity contribution in [1.29, 1.82) is 0 Å². The van der Waals surface area contributed by atoms with Crippen molar-refractivity contribution in [1.82, 2.24) is 14.8 Å². The number of nitrogens with zero attached hydrogens (tertiary/aromatic N) is 3. The molecule has 1 aliphatic heterocycles. The zero-order valence-corrected chi connectivity index (χ0v) is 26.7. The van der Waals surface area contributed by atoms with Crippen LogP contribution in [0.5, 0.6) is 0 Å². The molecule has 1 unspecified atom stereocenters. The maximum atomic E-state index is 14.0. The van der Waals surface area contributed by atoms with Crippen LogP contribution in [-0.2, 0) is 11.3 Å². The predicted molar refractivity (Wildman–Crippen MR) is 183 cm³/mol. The lowest BCUT2D eigenvalue weighted by molar-refractivity contribution is -0.126. The van der Waals surface area contributed by atoms with E-state index >= 15 is 0 Å². The van der Waals surface area contributed by atoms with Crippen LogP contribution < -0.4 is 5.32 Å². The van der Waals surface area contributed by atoms with Crippen molar-refractivity contribution in [3.8, 4) is 11.3 Å². The molecule has 7 heteroatoms. The number of hydrogen-bond acceptors (Lipinski definition) is 5. The number of aromatic nitrogens is 1. The van der Waals surface area contributed by atoms with Gasteiger partial charge in [-0.05, 0) is 53.3 Å². The van der Waals surface area contributed by atoms with Crippen molar-refractivity contribution < 1.29 is 9.59 Å². The molecule has 2 bridgehead atoms. The summed E-state index contributed by atoms with van der Waals surface area (Å²) in [7, 11) is 0. The Bertz CT molecular complexity index is 1860. The molecule has 3 aliphatic carbocycles. The van der Waals surface area contributed by atoms with E-state index in [0.29, 0.717) is 10.7 Å². The highest BCUT2D eigenvalue weighted by molar-refractivity contribution is 7.14. The van der Waals surface area contributed by atoms with Crippen molar-refractivity contribution in [2.75, 3.05) is 31.5 Å². The Balaban J connectivity index is 0.930. The molecule has 1 N–H and O–H groups in total. The highest BCUT2D eigenvalue weighted by atomic mass is 32.1. The first-order valence-corrected chi connectivity index (χ1v) is 17.0. The molecule has 1 aromatic heterocycles. The molecule has 4 aromatic carbocycles. The predicted octanol–water partition coefficient (Wildman–Crippen LogP) is 7.39. The van der Waals surface area contributed by atoms with Gasteiger partial charge in [-0.2, -0.15) is 0 Å². The molecule has 6 nitrogen and oxygen atoms in total. The Morgan fingerprint density at radius 2 is 1.41 bits per heavy atom. The van der Waals surface area contributed by atoms with Gasteiger partial charge in [0, 0.05) is 61.1 Å². The number of carbonyl (C=O) groups excluding carboxylic acids is 2. The quantitative estimate of drug-likeness (QED) is 0.214. The van der Waals surface area contributed by atoms with E-state index < -0.39 is 5.41 Å². The van der Waals surface area contributed by atoms with Crippen LogP contribution in [-0.4, -0.2) is 52.8 Å². The molecule has 9 rings (SSSR count). The van der Waals surface area contributed by atoms with E-state index in [1.54, 1.807) is 0 Å². The van der Waals surface area contributed by atoms with Gasteiger partial charge < -0.3 is 10.2 Å². The van der Waals surface area contributed by atoms with Crippen LogP contribution in [0.25, 0.3) is 11.3 Å². The highest BCUT2D eigenvalue weighted by Gasteiger charge is 2.54. The Hall–Kier alpha value is -4.59. The minimum Gasteiger partial charge on any atom is -0.336 e. The smallest absolute Gasteiger partial charge is 0.253 e. The number of anilines is 1. The number of thiazole rings is 1. The minimum absolute atomic E-state index is 0.00116. The molecular weight excluding hydrogens is 589 g/mol. The minimum atomic E-state index is -0.589. The van der Waals surface area contributed by atoms with Gasteiger partial charge in [0.2, 0.25) is 5.91 Å². The first-order chi connectivity index (χ1) is 22.5. The largest absolute Gasteiger partial charge is 0.336 e. The first kappa shape index (κ1) is 28.9. The van der Waals surface area contributed by atoms with E-state index in [4.69, 9.17) is 4.98 Å². The van der Waals surface area contributed by atoms with E-state index in [9.17, 15) is 9.59 Å². The van der Waals surface area contributed by atoms with Gasteiger partial charge in [-0.3, -0.25) is 14.5 Å². The number of benzene rings is 4. The van der Waals surface area contributed by atoms with Gasteiger partial charge in [-0.1, -0.05) is 91.0 Å². The number of amides is 2. The highest BCUT2D eigenvalue weighted by Crippen LogP contribution is 2.61. The standard InChI is InChI=1S/C39H36N4O2S/c1-39(23-33-29-11-5-7-13-31(29)35(39)32-14-8-6-12-30(32)33)37(45)41-38-40-34(25-46-38)27-15-17-28(18-16-27)36(44)43-21-19-42(20-22-43)24-26-9-3-2-4-10-26/h2-18,25,33,35H,19-24H2,1H3,(H,40,41,45). The molecule has 46 heavy (non-hydrogen) atoms. The zero-order valence-electron chi connectivity index (χ0n) is 25.9. The van der Waals surface area contributed by atoms with Crippen molar-refractivity contribution in [3.63, 3.8) is 0 Å². The number of carbonyl (C=O) groups is 2. The Morgan fingerprint density at radius 3 is 2.07 bits per heavy atom. The molecular formula is C39H36N4O2S. The van der Waals surface area contributed by atoms with Crippen LogP contribution in [0.15, 0.2) is 109 Å². The second-order valence-corrected chi connectivity index (χ2v) is 13.8. The number of fused-ring (bicyclic) bond motifs is 1. The maximum Gasteiger partial charge on any atom is 0.253 e. The molecule has 1 atom stereocenters. The van der Waals surface area contributed by atoms with Crippen LogP contribution in [0.1, 0.15) is 63.4 Å². The second kappa shape index (κ2) is 11.6. The van der Waals surface area contributed by atoms with Gasteiger partial charge in [-0.15, -0.1) is 11.3 Å². The van der Waals surface area contributed by atoms with Gasteiger partial charge in [-0.25, -0.2) is 4.98 Å². The average Bonchev–Trinajstić information content (AvgIpc) is 3.57. The average molecular weight is 625 g/mol. The lowest BCUT2D eigenvalue weighted by atomic mass is 9.52. The van der Waals surface area contributed by atoms with E-state index in [-0.39, 0.29) is 23.7 Å². The van der Waals surface area contributed by atoms with E-state index in [2.05, 4.69) is 89.9 Å². The summed E-state index contributed by atoms with van der Waals surface area (Å²) in [6, 6.07) is 35.4. The molecule has 0 radical (unpaired) electrons. The van der Waals surface area contributed by atoms with Crippen LogP contribution in [0.4, 0.5) is 5.13 Å². The normalized spacial score (nSPS) is 21.8. The fourth-order valence-electron chi connectivity index (χ4n) is 7.81. The third-order valence-corrected chi connectivity index (χ3v) is 11.0. The maximum absolute atomic E-state index is 14.0. The van der Waals surface area contributed by atoms with E-state index in [1.807, 2.05) is 40.6 Å². The number of hydrogen-bond donors (Lipinski definition) is 1. The Kier molecular flexibility index (Phi) is 7.31. The molecule has 230 valence electrons. The summed E-state index contributed by atoms with van der Waals surface area (Å²) in [6.07, 6.45) is 0.771. The van der Waals surface area contributed by atoms with Gasteiger partial charge in [0.05, 0.1) is 11.1 Å². The van der Waals surface area contributed by atoms with Gasteiger partial charge in [0.15, 0.2) is 5.13 Å². The molecule has 2 amide bonds. The van der Waals surface area contributed by atoms with Crippen molar-refractivity contribution in [2.45, 2.75) is 31.7 Å². The third kappa shape index (κ3) is 5.04. The Morgan fingerprint density at radius 1 is 0.804 bits per heavy atom. The van der Waals surface area contributed by atoms with E-state index in [0.717, 1.165) is 50.4 Å². The first-order valence-electron chi connectivity index (χ1n) is 16.1. The van der Waals surface area contributed by atoms with Crippen LogP contribution in [0.2, 0.25) is 0 Å². The second-order valence-electron chi connectivity index (χ2n) is 13.0. The monoisotopic (exact) mass is 624 g/mol. The van der Waals surface area contributed by atoms with Gasteiger partial charge in [0.1, 0.15) is 0 Å². The fraction of sp³-hybridized carbons (Fsp3) is 0.256. The lowest BCUT2D eigenvalue weighted by Gasteiger charge is -2.50. The summed E-state index contributed by atoms with van der Waals surface area (Å²) in [6.45, 7) is 6.20. The summed E-state index contributed by atoms with van der Waals surface area (Å²) >= 11 is 1.44. The summed E-state index contributed by atoms with van der Waals surface area (Å²) < 4.78 is 0. The third-order valence-electron chi connectivity index (χ3n) is 10.2. The molecule has 0 saturated carbocycles. The number of rotatable bonds is 6. The van der Waals surface area contributed by atoms with Crippen LogP contribution >= 0.6 is 11.3 Å². The molecule has 5 aromatic rings. The summed E-state index contributed by atoms with van der Waals surface area (Å²) in [4.78, 5) is 36.4.